The lowest BCUT2D eigenvalue weighted by molar-refractivity contribution is -0.257. The molecule has 0 aromatic heterocycles. The zero-order chi connectivity index (χ0) is 19.1. The first-order chi connectivity index (χ1) is 13.0. The molecule has 1 heterocycles. The fraction of sp³-hybridized carbons (Fsp3) is 0.625. The molecule has 3 nitrogen and oxygen atoms in total. The van der Waals surface area contributed by atoms with Crippen LogP contribution in [0.2, 0.25) is 0 Å². The first-order valence-corrected chi connectivity index (χ1v) is 10.5. The molecule has 0 bridgehead atoms. The summed E-state index contributed by atoms with van der Waals surface area (Å²) < 4.78 is 12.6. The predicted molar refractivity (Wildman–Crippen MR) is 106 cm³/mol. The summed E-state index contributed by atoms with van der Waals surface area (Å²) >= 11 is 0. The van der Waals surface area contributed by atoms with Crippen molar-refractivity contribution in [1.82, 2.24) is 0 Å². The highest BCUT2D eigenvalue weighted by molar-refractivity contribution is 5.85. The topological polar surface area (TPSA) is 35.5 Å². The molecule has 1 saturated heterocycles. The molecule has 146 valence electrons. The van der Waals surface area contributed by atoms with Gasteiger partial charge in [-0.25, -0.2) is 0 Å². The quantitative estimate of drug-likeness (QED) is 0.700. The van der Waals surface area contributed by atoms with Crippen LogP contribution < -0.4 is 0 Å². The minimum absolute atomic E-state index is 0.0215. The molecule has 1 aromatic rings. The van der Waals surface area contributed by atoms with Crippen molar-refractivity contribution in [1.29, 1.82) is 0 Å². The highest BCUT2D eigenvalue weighted by Crippen LogP contribution is 2.61. The van der Waals surface area contributed by atoms with Crippen LogP contribution in [0.5, 0.6) is 0 Å². The van der Waals surface area contributed by atoms with Crippen molar-refractivity contribution in [2.75, 3.05) is 13.2 Å². The van der Waals surface area contributed by atoms with Gasteiger partial charge < -0.3 is 9.47 Å². The minimum Gasteiger partial charge on any atom is -0.343 e. The molecule has 1 aliphatic heterocycles. The van der Waals surface area contributed by atoms with Crippen LogP contribution in [0.25, 0.3) is 0 Å². The highest BCUT2D eigenvalue weighted by atomic mass is 16.7. The summed E-state index contributed by atoms with van der Waals surface area (Å²) in [7, 11) is 0. The largest absolute Gasteiger partial charge is 0.343 e. The molecule has 3 heteroatoms. The summed E-state index contributed by atoms with van der Waals surface area (Å²) in [6, 6.07) is 10.3. The van der Waals surface area contributed by atoms with E-state index in [2.05, 4.69) is 38.1 Å². The zero-order valence-corrected chi connectivity index (χ0v) is 16.8. The Morgan fingerprint density at radius 1 is 1.22 bits per heavy atom. The van der Waals surface area contributed by atoms with Crippen molar-refractivity contribution < 1.29 is 14.3 Å². The Morgan fingerprint density at radius 2 is 2.00 bits per heavy atom. The Bertz CT molecular complexity index is 712. The number of rotatable bonds is 5. The fourth-order valence-corrected chi connectivity index (χ4v) is 5.95. The van der Waals surface area contributed by atoms with E-state index >= 15 is 0 Å². The Kier molecular flexibility index (Phi) is 5.02. The van der Waals surface area contributed by atoms with Gasteiger partial charge in [0.2, 0.25) is 5.79 Å². The van der Waals surface area contributed by atoms with E-state index in [0.717, 1.165) is 18.8 Å². The standard InChI is InChI=1S/C24H32O3/c1-17-9-12-22-20(15-17)10-11-21-16-27-24(18(2)25,23(21,22)3)26-14-13-19-7-5-4-6-8-19/h4-8,10-11,17,20-22H,9,12-16H2,1-3H3/t17-,20-,21+,22-,23-,24+/m0/s1. The third-order valence-corrected chi connectivity index (χ3v) is 7.47. The van der Waals surface area contributed by atoms with Gasteiger partial charge in [0.05, 0.1) is 13.2 Å². The van der Waals surface area contributed by atoms with Crippen LogP contribution in [0.4, 0.5) is 0 Å². The van der Waals surface area contributed by atoms with Crippen molar-refractivity contribution in [2.24, 2.45) is 29.1 Å². The van der Waals surface area contributed by atoms with E-state index < -0.39 is 5.79 Å². The van der Waals surface area contributed by atoms with E-state index in [1.54, 1.807) is 6.92 Å². The molecule has 6 atom stereocenters. The number of carbonyl (C=O) groups is 1. The van der Waals surface area contributed by atoms with E-state index in [9.17, 15) is 4.79 Å². The third kappa shape index (κ3) is 3.00. The Balaban J connectivity index is 1.60. The van der Waals surface area contributed by atoms with E-state index in [4.69, 9.17) is 9.47 Å². The van der Waals surface area contributed by atoms with Crippen LogP contribution >= 0.6 is 0 Å². The second-order valence-electron chi connectivity index (χ2n) is 9.03. The van der Waals surface area contributed by atoms with Crippen LogP contribution in [0.1, 0.15) is 45.6 Å². The molecule has 1 aromatic carbocycles. The van der Waals surface area contributed by atoms with Crippen molar-refractivity contribution in [3.05, 3.63) is 48.0 Å². The van der Waals surface area contributed by atoms with Gasteiger partial charge in [0.15, 0.2) is 5.78 Å². The Labute approximate surface area is 163 Å². The van der Waals surface area contributed by atoms with Gasteiger partial charge in [-0.1, -0.05) is 62.8 Å². The van der Waals surface area contributed by atoms with Crippen LogP contribution in [-0.4, -0.2) is 24.8 Å². The summed E-state index contributed by atoms with van der Waals surface area (Å²) in [6.45, 7) is 7.33. The molecular formula is C24H32O3. The van der Waals surface area contributed by atoms with Crippen LogP contribution in [0.15, 0.2) is 42.5 Å². The second-order valence-corrected chi connectivity index (χ2v) is 9.03. The fourth-order valence-electron chi connectivity index (χ4n) is 5.95. The molecule has 0 N–H and O–H groups in total. The SMILES string of the molecule is CC(=O)[C@@]1(OCCc2ccccc2)OC[C@H]2C=C[C@H]3C[C@@H](C)CC[C@@H]3[C@]21C. The van der Waals surface area contributed by atoms with Gasteiger partial charge >= 0.3 is 0 Å². The summed E-state index contributed by atoms with van der Waals surface area (Å²) in [5.74, 6) is 0.908. The maximum absolute atomic E-state index is 12.9. The molecular weight excluding hydrogens is 336 g/mol. The van der Waals surface area contributed by atoms with Gasteiger partial charge in [0.25, 0.3) is 0 Å². The third-order valence-electron chi connectivity index (χ3n) is 7.47. The molecule has 3 aliphatic rings. The lowest BCUT2D eigenvalue weighted by Gasteiger charge is -2.53. The highest BCUT2D eigenvalue weighted by Gasteiger charge is 2.67. The van der Waals surface area contributed by atoms with E-state index in [1.807, 2.05) is 18.2 Å². The van der Waals surface area contributed by atoms with Crippen molar-refractivity contribution in [3.63, 3.8) is 0 Å². The molecule has 4 rings (SSSR count). The smallest absolute Gasteiger partial charge is 0.235 e. The van der Waals surface area contributed by atoms with Crippen molar-refractivity contribution in [2.45, 2.75) is 52.2 Å². The molecule has 2 fully saturated rings. The maximum atomic E-state index is 12.9. The zero-order valence-electron chi connectivity index (χ0n) is 16.8. The molecule has 2 aliphatic carbocycles. The van der Waals surface area contributed by atoms with Crippen LogP contribution in [0.3, 0.4) is 0 Å². The maximum Gasteiger partial charge on any atom is 0.235 e. The van der Waals surface area contributed by atoms with Crippen molar-refractivity contribution in [3.8, 4) is 0 Å². The molecule has 0 amide bonds. The van der Waals surface area contributed by atoms with Gasteiger partial charge in [0, 0.05) is 18.3 Å². The summed E-state index contributed by atoms with van der Waals surface area (Å²) in [5, 5.41) is 0. The Morgan fingerprint density at radius 3 is 2.74 bits per heavy atom. The number of ketones is 1. The molecule has 0 unspecified atom stereocenters. The number of fused-ring (bicyclic) bond motifs is 3. The number of hydrogen-bond acceptors (Lipinski definition) is 3. The van der Waals surface area contributed by atoms with Gasteiger partial charge in [-0.15, -0.1) is 0 Å². The second kappa shape index (κ2) is 7.18. The number of ether oxygens (including phenoxy) is 2. The normalized spacial score (nSPS) is 40.4. The van der Waals surface area contributed by atoms with Crippen LogP contribution in [0, 0.1) is 29.1 Å². The minimum atomic E-state index is -1.11. The number of allylic oxidation sites excluding steroid dienone is 1. The average Bonchev–Trinajstić information content (AvgIpc) is 2.96. The number of hydrogen-bond donors (Lipinski definition) is 0. The number of carbonyl (C=O) groups excluding carboxylic acids is 1. The summed E-state index contributed by atoms with van der Waals surface area (Å²) in [5.41, 5.74) is 0.943. The average molecular weight is 369 g/mol. The van der Waals surface area contributed by atoms with Gasteiger partial charge in [-0.3, -0.25) is 4.79 Å². The number of Topliss-reactive ketones (excluding diaryl/α,β-unsaturated/α-hetero) is 1. The summed E-state index contributed by atoms with van der Waals surface area (Å²) in [4.78, 5) is 12.9. The predicted octanol–water partition coefficient (Wildman–Crippen LogP) is 4.81. The van der Waals surface area contributed by atoms with E-state index in [0.29, 0.717) is 25.0 Å². The molecule has 0 radical (unpaired) electrons. The molecule has 0 spiro atoms. The number of benzene rings is 1. The molecule has 1 saturated carbocycles. The van der Waals surface area contributed by atoms with E-state index in [1.165, 1.54) is 18.4 Å². The van der Waals surface area contributed by atoms with Gasteiger partial charge in [0.1, 0.15) is 0 Å². The van der Waals surface area contributed by atoms with Crippen LogP contribution in [-0.2, 0) is 20.7 Å². The van der Waals surface area contributed by atoms with Gasteiger partial charge in [-0.05, 0) is 42.6 Å². The van der Waals surface area contributed by atoms with E-state index in [-0.39, 0.29) is 17.1 Å². The summed E-state index contributed by atoms with van der Waals surface area (Å²) in [6.07, 6.45) is 9.10. The Hall–Kier alpha value is -1.45. The van der Waals surface area contributed by atoms with Crippen molar-refractivity contribution >= 4 is 5.78 Å². The first-order valence-electron chi connectivity index (χ1n) is 10.5. The lowest BCUT2D eigenvalue weighted by atomic mass is 9.53. The lowest BCUT2D eigenvalue weighted by Crippen LogP contribution is -2.59. The monoisotopic (exact) mass is 368 g/mol. The molecule has 27 heavy (non-hydrogen) atoms. The van der Waals surface area contributed by atoms with Gasteiger partial charge in [-0.2, -0.15) is 0 Å². The first kappa shape index (κ1) is 18.9.